The van der Waals surface area contributed by atoms with E-state index >= 15 is 0 Å². The van der Waals surface area contributed by atoms with Gasteiger partial charge < -0.3 is 10.5 Å². The van der Waals surface area contributed by atoms with Crippen molar-refractivity contribution in [3.05, 3.63) is 54.3 Å². The Labute approximate surface area is 148 Å². The summed E-state index contributed by atoms with van der Waals surface area (Å²) in [4.78, 5) is 21.3. The van der Waals surface area contributed by atoms with Crippen molar-refractivity contribution >= 4 is 27.3 Å². The normalized spacial score (nSPS) is 11.6. The van der Waals surface area contributed by atoms with Gasteiger partial charge in [-0.25, -0.2) is 9.97 Å². The molecule has 1 aromatic carbocycles. The van der Waals surface area contributed by atoms with Crippen molar-refractivity contribution in [2.75, 3.05) is 6.61 Å². The maximum absolute atomic E-state index is 12.1. The molecule has 1 atom stereocenters. The van der Waals surface area contributed by atoms with E-state index in [0.717, 1.165) is 21.3 Å². The number of rotatable bonds is 6. The summed E-state index contributed by atoms with van der Waals surface area (Å²) in [7, 11) is 0. The summed E-state index contributed by atoms with van der Waals surface area (Å²) in [6, 6.07) is 11.6. The molecule has 0 aliphatic carbocycles. The van der Waals surface area contributed by atoms with E-state index in [9.17, 15) is 4.79 Å². The molecule has 0 unspecified atom stereocenters. The van der Waals surface area contributed by atoms with Gasteiger partial charge in [0.25, 0.3) is 0 Å². The molecule has 7 heteroatoms. The fraction of sp³-hybridized carbons (Fsp3) is 0.111. The average molecular weight is 350 g/mol. The van der Waals surface area contributed by atoms with Gasteiger partial charge in [0, 0.05) is 16.6 Å². The van der Waals surface area contributed by atoms with Crippen molar-refractivity contribution in [1.82, 2.24) is 9.97 Å². The molecular weight excluding hydrogens is 336 g/mol. The van der Waals surface area contributed by atoms with E-state index in [2.05, 4.69) is 16.5 Å². The van der Waals surface area contributed by atoms with Crippen molar-refractivity contribution in [2.45, 2.75) is 0 Å². The number of hydrogen-bond donors (Lipinski definition) is 1. The number of hydrogen-bond acceptors (Lipinski definition) is 7. The quantitative estimate of drug-likeness (QED) is 0.733. The molecule has 0 aliphatic heterocycles. The first-order valence-electron chi connectivity index (χ1n) is 7.39. The van der Waals surface area contributed by atoms with Crippen LogP contribution < -0.4 is 10.5 Å². The Morgan fingerprint density at radius 1 is 1.36 bits per heavy atom. The van der Waals surface area contributed by atoms with Crippen LogP contribution in [0.4, 0.5) is 0 Å². The maximum atomic E-state index is 12.1. The van der Waals surface area contributed by atoms with E-state index < -0.39 is 11.7 Å². The van der Waals surface area contributed by atoms with E-state index in [-0.39, 0.29) is 12.3 Å². The molecule has 0 radical (unpaired) electrons. The van der Waals surface area contributed by atoms with Gasteiger partial charge in [-0.3, -0.25) is 4.79 Å². The standard InChI is InChI=1S/C18H14N4O2S/c1-11(20)13(7-19)15(23)8-24-17-16-14(12-5-3-2-4-6-12)9-25-18(16)22-10-21-17/h2-6,9-10,13H,1,8,20H2/t13-/m1/s1. The second-order valence-electron chi connectivity index (χ2n) is 5.27. The van der Waals surface area contributed by atoms with Crippen molar-refractivity contribution < 1.29 is 9.53 Å². The van der Waals surface area contributed by atoms with Crippen LogP contribution in [0.1, 0.15) is 0 Å². The monoisotopic (exact) mass is 350 g/mol. The number of thiophene rings is 1. The van der Waals surface area contributed by atoms with Gasteiger partial charge in [0.15, 0.2) is 5.78 Å². The summed E-state index contributed by atoms with van der Waals surface area (Å²) < 4.78 is 5.59. The van der Waals surface area contributed by atoms with Crippen molar-refractivity contribution in [1.29, 1.82) is 5.26 Å². The largest absolute Gasteiger partial charge is 0.469 e. The highest BCUT2D eigenvalue weighted by molar-refractivity contribution is 7.17. The number of aromatic nitrogens is 2. The molecule has 2 N–H and O–H groups in total. The Hall–Kier alpha value is -3.24. The smallest absolute Gasteiger partial charge is 0.226 e. The molecule has 0 bridgehead atoms. The lowest BCUT2D eigenvalue weighted by molar-refractivity contribution is -0.122. The van der Waals surface area contributed by atoms with Crippen molar-refractivity contribution in [2.24, 2.45) is 11.7 Å². The number of ether oxygens (including phenoxy) is 1. The SMILES string of the molecule is C=C(N)[C@@H](C#N)C(=O)COc1ncnc2scc(-c3ccccc3)c12. The van der Waals surface area contributed by atoms with Crippen LogP contribution in [-0.4, -0.2) is 22.4 Å². The fourth-order valence-electron chi connectivity index (χ4n) is 2.37. The Morgan fingerprint density at radius 2 is 2.12 bits per heavy atom. The van der Waals surface area contributed by atoms with Gasteiger partial charge in [-0.15, -0.1) is 11.3 Å². The average Bonchev–Trinajstić information content (AvgIpc) is 3.05. The van der Waals surface area contributed by atoms with E-state index in [4.69, 9.17) is 15.7 Å². The van der Waals surface area contributed by atoms with Crippen LogP contribution in [0.5, 0.6) is 5.88 Å². The number of benzene rings is 1. The van der Waals surface area contributed by atoms with Crippen molar-refractivity contribution in [3.63, 3.8) is 0 Å². The van der Waals surface area contributed by atoms with Gasteiger partial charge in [0.05, 0.1) is 11.5 Å². The molecule has 0 saturated heterocycles. The molecule has 3 aromatic rings. The lowest BCUT2D eigenvalue weighted by Gasteiger charge is -2.10. The molecule has 0 saturated carbocycles. The molecule has 0 amide bonds. The molecule has 2 aromatic heterocycles. The summed E-state index contributed by atoms with van der Waals surface area (Å²) in [6.45, 7) is 3.14. The minimum atomic E-state index is -1.09. The number of nitrogens with two attached hydrogens (primary N) is 1. The fourth-order valence-corrected chi connectivity index (χ4v) is 3.28. The number of carbonyl (C=O) groups is 1. The molecule has 3 rings (SSSR count). The highest BCUT2D eigenvalue weighted by atomic mass is 32.1. The zero-order valence-corrected chi connectivity index (χ0v) is 14.0. The van der Waals surface area contributed by atoms with Gasteiger partial charge in [-0.1, -0.05) is 36.9 Å². The minimum absolute atomic E-state index is 0.00411. The number of fused-ring (bicyclic) bond motifs is 1. The summed E-state index contributed by atoms with van der Waals surface area (Å²) >= 11 is 1.47. The predicted molar refractivity (Wildman–Crippen MR) is 95.8 cm³/mol. The molecule has 6 nitrogen and oxygen atoms in total. The lowest BCUT2D eigenvalue weighted by Crippen LogP contribution is -2.25. The maximum Gasteiger partial charge on any atom is 0.226 e. The number of allylic oxidation sites excluding steroid dienone is 1. The van der Waals surface area contributed by atoms with E-state index in [1.807, 2.05) is 41.8 Å². The second-order valence-corrected chi connectivity index (χ2v) is 6.12. The van der Waals surface area contributed by atoms with Gasteiger partial charge in [0.2, 0.25) is 5.88 Å². The Morgan fingerprint density at radius 3 is 2.80 bits per heavy atom. The van der Waals surface area contributed by atoms with Gasteiger partial charge in [0.1, 0.15) is 23.7 Å². The molecule has 25 heavy (non-hydrogen) atoms. The van der Waals surface area contributed by atoms with Crippen molar-refractivity contribution in [3.8, 4) is 23.1 Å². The number of Topliss-reactive ketones (excluding diaryl/α,β-unsaturated/α-hetero) is 1. The first-order valence-corrected chi connectivity index (χ1v) is 8.26. The topological polar surface area (TPSA) is 102 Å². The highest BCUT2D eigenvalue weighted by Crippen LogP contribution is 2.37. The number of carbonyl (C=O) groups excluding carboxylic acids is 1. The molecule has 0 fully saturated rings. The van der Waals surface area contributed by atoms with E-state index in [1.54, 1.807) is 0 Å². The Bertz CT molecular complexity index is 976. The Balaban J connectivity index is 1.92. The zero-order chi connectivity index (χ0) is 17.8. The van der Waals surface area contributed by atoms with E-state index in [1.165, 1.54) is 17.7 Å². The van der Waals surface area contributed by atoms with Gasteiger partial charge >= 0.3 is 0 Å². The second kappa shape index (κ2) is 7.11. The summed E-state index contributed by atoms with van der Waals surface area (Å²) in [5.74, 6) is -1.25. The van der Waals surface area contributed by atoms with Crippen LogP contribution >= 0.6 is 11.3 Å². The first-order chi connectivity index (χ1) is 12.1. The minimum Gasteiger partial charge on any atom is -0.469 e. The summed E-state index contributed by atoms with van der Waals surface area (Å²) in [5.41, 5.74) is 7.42. The third-order valence-corrected chi connectivity index (χ3v) is 4.48. The molecular formula is C18H14N4O2S. The summed E-state index contributed by atoms with van der Waals surface area (Å²) in [6.07, 6.45) is 1.39. The Kier molecular flexibility index (Phi) is 4.73. The van der Waals surface area contributed by atoms with Crippen LogP contribution in [-0.2, 0) is 4.79 Å². The molecule has 0 aliphatic rings. The molecule has 0 spiro atoms. The zero-order valence-electron chi connectivity index (χ0n) is 13.2. The number of ketones is 1. The number of nitrogens with zero attached hydrogens (tertiary/aromatic N) is 3. The molecule has 2 heterocycles. The third kappa shape index (κ3) is 3.34. The molecule has 124 valence electrons. The van der Waals surface area contributed by atoms with Gasteiger partial charge in [-0.05, 0) is 5.56 Å². The van der Waals surface area contributed by atoms with Crippen LogP contribution in [0.15, 0.2) is 54.3 Å². The predicted octanol–water partition coefficient (Wildman–Crippen LogP) is 2.92. The summed E-state index contributed by atoms with van der Waals surface area (Å²) in [5, 5.41) is 11.7. The first kappa shape index (κ1) is 16.6. The van der Waals surface area contributed by atoms with Crippen LogP contribution in [0, 0.1) is 17.2 Å². The van der Waals surface area contributed by atoms with Gasteiger partial charge in [-0.2, -0.15) is 5.26 Å². The van der Waals surface area contributed by atoms with E-state index in [0.29, 0.717) is 5.88 Å². The van der Waals surface area contributed by atoms with Crippen LogP contribution in [0.3, 0.4) is 0 Å². The third-order valence-electron chi connectivity index (χ3n) is 3.59. The van der Waals surface area contributed by atoms with Crippen LogP contribution in [0.2, 0.25) is 0 Å². The van der Waals surface area contributed by atoms with Crippen LogP contribution in [0.25, 0.3) is 21.3 Å². The highest BCUT2D eigenvalue weighted by Gasteiger charge is 2.21. The lowest BCUT2D eigenvalue weighted by atomic mass is 10.0. The number of nitriles is 1.